The van der Waals surface area contributed by atoms with Crippen LogP contribution in [0, 0.1) is 25.7 Å². The molecule has 3 unspecified atom stereocenters. The van der Waals surface area contributed by atoms with Gasteiger partial charge in [0, 0.05) is 17.6 Å². The molecule has 9 heteroatoms. The Morgan fingerprint density at radius 1 is 1.32 bits per heavy atom. The number of benzene rings is 1. The van der Waals surface area contributed by atoms with Gasteiger partial charge in [-0.3, -0.25) is 14.4 Å². The minimum Gasteiger partial charge on any atom is -0.394 e. The molecule has 0 radical (unpaired) electrons. The van der Waals surface area contributed by atoms with Gasteiger partial charge in [-0.25, -0.2) is 0 Å². The van der Waals surface area contributed by atoms with E-state index in [9.17, 15) is 19.5 Å². The van der Waals surface area contributed by atoms with Crippen LogP contribution >= 0.6 is 15.9 Å². The number of anilines is 1. The molecule has 3 N–H and O–H groups in total. The number of aryl methyl sites for hydroxylation is 2. The van der Waals surface area contributed by atoms with E-state index in [1.165, 1.54) is 11.9 Å². The highest BCUT2D eigenvalue weighted by atomic mass is 79.9. The van der Waals surface area contributed by atoms with Crippen molar-refractivity contribution in [1.29, 1.82) is 0 Å². The molecule has 1 aromatic rings. The Balaban J connectivity index is 1.78. The molecule has 3 aliphatic rings. The number of nitrogens with zero attached hydrogens (tertiary/aromatic N) is 1. The monoisotopic (exact) mass is 493 g/mol. The highest BCUT2D eigenvalue weighted by Crippen LogP contribution is 2.60. The molecule has 0 saturated carbocycles. The number of fused-ring (bicyclic) bond motifs is 1. The van der Waals surface area contributed by atoms with Gasteiger partial charge in [0.15, 0.2) is 0 Å². The van der Waals surface area contributed by atoms with Crippen molar-refractivity contribution in [1.82, 2.24) is 10.2 Å². The number of aliphatic hydroxyl groups is 1. The van der Waals surface area contributed by atoms with Crippen molar-refractivity contribution < 1.29 is 24.2 Å². The van der Waals surface area contributed by atoms with Gasteiger partial charge in [0.1, 0.15) is 11.6 Å². The minimum atomic E-state index is -1.13. The standard InChI is InChI=1S/C22H28BrN3O5/c1-10-6-5-7-11(2)16(10)25-20(29)18-22-8-13(23)17(31-22)14(19(28)24-4)15(22)21(30)26(18)12(3)9-27/h5-7,12-15,17-18,27H,8-9H2,1-4H3,(H,24,28)(H,25,29)/t12-,13?,14-,15+,17-,18?,22?/m1/s1. The lowest BCUT2D eigenvalue weighted by Gasteiger charge is -2.36. The molecule has 3 heterocycles. The molecule has 8 nitrogen and oxygen atoms in total. The number of para-hydroxylation sites is 1. The van der Waals surface area contributed by atoms with E-state index in [0.29, 0.717) is 12.1 Å². The third kappa shape index (κ3) is 3.12. The van der Waals surface area contributed by atoms with Gasteiger partial charge in [-0.05, 0) is 38.3 Å². The van der Waals surface area contributed by atoms with Crippen molar-refractivity contribution in [3.05, 3.63) is 29.3 Å². The van der Waals surface area contributed by atoms with Gasteiger partial charge >= 0.3 is 0 Å². The molecule has 2 bridgehead atoms. The summed E-state index contributed by atoms with van der Waals surface area (Å²) in [4.78, 5) is 41.2. The third-order valence-electron chi connectivity index (χ3n) is 6.99. The fourth-order valence-electron chi connectivity index (χ4n) is 5.60. The third-order valence-corrected chi connectivity index (χ3v) is 7.84. The van der Waals surface area contributed by atoms with Gasteiger partial charge in [0.2, 0.25) is 17.7 Å². The Morgan fingerprint density at radius 3 is 2.55 bits per heavy atom. The largest absolute Gasteiger partial charge is 0.394 e. The topological polar surface area (TPSA) is 108 Å². The summed E-state index contributed by atoms with van der Waals surface area (Å²) >= 11 is 3.61. The van der Waals surface area contributed by atoms with Crippen LogP contribution in [0.4, 0.5) is 5.69 Å². The zero-order chi connectivity index (χ0) is 22.7. The second-order valence-electron chi connectivity index (χ2n) is 8.81. The molecule has 0 aliphatic carbocycles. The zero-order valence-corrected chi connectivity index (χ0v) is 19.6. The van der Waals surface area contributed by atoms with Crippen LogP contribution < -0.4 is 10.6 Å². The maximum Gasteiger partial charge on any atom is 0.250 e. The molecular weight excluding hydrogens is 466 g/mol. The maximum atomic E-state index is 13.7. The van der Waals surface area contributed by atoms with E-state index in [1.54, 1.807) is 6.92 Å². The van der Waals surface area contributed by atoms with Crippen molar-refractivity contribution >= 4 is 39.3 Å². The van der Waals surface area contributed by atoms with Crippen LogP contribution in [0.2, 0.25) is 0 Å². The Labute approximate surface area is 189 Å². The molecule has 4 rings (SSSR count). The Kier molecular flexibility index (Phi) is 5.64. The summed E-state index contributed by atoms with van der Waals surface area (Å²) in [6.07, 6.45) is -0.0582. The maximum absolute atomic E-state index is 13.7. The van der Waals surface area contributed by atoms with Crippen LogP contribution in [0.1, 0.15) is 24.5 Å². The molecule has 1 aromatic carbocycles. The first-order valence-electron chi connectivity index (χ1n) is 10.5. The predicted molar refractivity (Wildman–Crippen MR) is 118 cm³/mol. The van der Waals surface area contributed by atoms with Crippen molar-refractivity contribution in [2.75, 3.05) is 19.0 Å². The van der Waals surface area contributed by atoms with E-state index in [1.807, 2.05) is 32.0 Å². The summed E-state index contributed by atoms with van der Waals surface area (Å²) in [6, 6.07) is 4.18. The average Bonchev–Trinajstić information content (AvgIpc) is 3.33. The van der Waals surface area contributed by atoms with Crippen molar-refractivity contribution in [2.24, 2.45) is 11.8 Å². The summed E-state index contributed by atoms with van der Waals surface area (Å²) in [5.41, 5.74) is 1.39. The number of nitrogens with one attached hydrogen (secondary N) is 2. The van der Waals surface area contributed by atoms with Gasteiger partial charge in [0.05, 0.1) is 30.6 Å². The second kappa shape index (κ2) is 7.86. The highest BCUT2D eigenvalue weighted by molar-refractivity contribution is 9.09. The van der Waals surface area contributed by atoms with Crippen LogP contribution in [-0.4, -0.2) is 70.0 Å². The van der Waals surface area contributed by atoms with Crippen LogP contribution in [0.3, 0.4) is 0 Å². The zero-order valence-electron chi connectivity index (χ0n) is 18.0. The number of halogens is 1. The number of hydrogen-bond acceptors (Lipinski definition) is 5. The predicted octanol–water partition coefficient (Wildman–Crippen LogP) is 1.12. The summed E-state index contributed by atoms with van der Waals surface area (Å²) in [5, 5.41) is 15.5. The van der Waals surface area contributed by atoms with Gasteiger partial charge < -0.3 is 25.4 Å². The number of carbonyl (C=O) groups excluding carboxylic acids is 3. The Bertz CT molecular complexity index is 919. The van der Waals surface area contributed by atoms with Crippen LogP contribution in [-0.2, 0) is 19.1 Å². The highest BCUT2D eigenvalue weighted by Gasteiger charge is 2.76. The second-order valence-corrected chi connectivity index (χ2v) is 9.99. The van der Waals surface area contributed by atoms with E-state index >= 15 is 0 Å². The van der Waals surface area contributed by atoms with Crippen molar-refractivity contribution in [3.8, 4) is 0 Å². The number of hydrogen-bond donors (Lipinski definition) is 3. The molecular formula is C22H28BrN3O5. The number of aliphatic hydroxyl groups excluding tert-OH is 1. The summed E-state index contributed by atoms with van der Waals surface area (Å²) in [6.45, 7) is 5.21. The quantitative estimate of drug-likeness (QED) is 0.532. The van der Waals surface area contributed by atoms with E-state index in [0.717, 1.165) is 11.1 Å². The van der Waals surface area contributed by atoms with Gasteiger partial charge in [-0.15, -0.1) is 0 Å². The molecule has 3 amide bonds. The molecule has 168 valence electrons. The van der Waals surface area contributed by atoms with E-state index in [2.05, 4.69) is 26.6 Å². The number of carbonyl (C=O) groups is 3. The smallest absolute Gasteiger partial charge is 0.250 e. The van der Waals surface area contributed by atoms with Crippen molar-refractivity contribution in [3.63, 3.8) is 0 Å². The Hall–Kier alpha value is -1.97. The molecule has 1 spiro atoms. The summed E-state index contributed by atoms with van der Waals surface area (Å²) in [7, 11) is 1.53. The first kappa shape index (κ1) is 22.2. The van der Waals surface area contributed by atoms with Crippen LogP contribution in [0.15, 0.2) is 18.2 Å². The van der Waals surface area contributed by atoms with Crippen LogP contribution in [0.25, 0.3) is 0 Å². The fourth-order valence-corrected chi connectivity index (χ4v) is 6.54. The number of ether oxygens (including phenoxy) is 1. The van der Waals surface area contributed by atoms with Crippen LogP contribution in [0.5, 0.6) is 0 Å². The summed E-state index contributed by atoms with van der Waals surface area (Å²) in [5.74, 6) is -2.43. The lowest BCUT2D eigenvalue weighted by Crippen LogP contribution is -2.56. The van der Waals surface area contributed by atoms with E-state index < -0.39 is 35.6 Å². The van der Waals surface area contributed by atoms with E-state index in [4.69, 9.17) is 4.74 Å². The molecule has 7 atom stereocenters. The molecule has 3 saturated heterocycles. The molecule has 31 heavy (non-hydrogen) atoms. The molecule has 3 aliphatic heterocycles. The van der Waals surface area contributed by atoms with Gasteiger partial charge in [0.25, 0.3) is 0 Å². The first-order chi connectivity index (χ1) is 14.7. The number of amides is 3. The molecule has 0 aromatic heterocycles. The van der Waals surface area contributed by atoms with Crippen molar-refractivity contribution in [2.45, 2.75) is 55.8 Å². The number of rotatable bonds is 5. The number of alkyl halides is 1. The SMILES string of the molecule is CNC(=O)[C@H]1[C@@H]2OC3(CC2Br)C(C(=O)Nc2c(C)cccc2C)N([C@H](C)CO)C(=O)[C@H]13. The van der Waals surface area contributed by atoms with Gasteiger partial charge in [-0.2, -0.15) is 0 Å². The average molecular weight is 494 g/mol. The first-order valence-corrected chi connectivity index (χ1v) is 11.4. The molecule has 3 fully saturated rings. The summed E-state index contributed by atoms with van der Waals surface area (Å²) < 4.78 is 6.35. The Morgan fingerprint density at radius 2 is 1.97 bits per heavy atom. The normalized spacial score (nSPS) is 34.6. The minimum absolute atomic E-state index is 0.154. The lowest BCUT2D eigenvalue weighted by atomic mass is 9.70. The van der Waals surface area contributed by atoms with Gasteiger partial charge in [-0.1, -0.05) is 34.1 Å². The lowest BCUT2D eigenvalue weighted by molar-refractivity contribution is -0.143. The fraction of sp³-hybridized carbons (Fsp3) is 0.591. The van der Waals surface area contributed by atoms with E-state index in [-0.39, 0.29) is 29.2 Å². The number of likely N-dealkylation sites (tertiary alicyclic amines) is 1.